The van der Waals surface area contributed by atoms with Gasteiger partial charge >= 0.3 is 12.2 Å². The highest BCUT2D eigenvalue weighted by atomic mass is 32.2. The molecule has 0 unspecified atom stereocenters. The first-order valence-electron chi connectivity index (χ1n) is 6.87. The number of alkyl halides is 3. The standard InChI is InChI=1S/C16H15F3N2O2S/c1-24-14-4-2-3-12(9-14)21-15(22)20-11-5-7-13(8-6-11)23-10-16(17,18)19/h2-9H,10H2,1H3,(H2,20,21,22). The van der Waals surface area contributed by atoms with Crippen molar-refractivity contribution in [2.24, 2.45) is 0 Å². The predicted octanol–water partition coefficient (Wildman–Crippen LogP) is 4.99. The van der Waals surface area contributed by atoms with Crippen LogP contribution in [0.5, 0.6) is 5.75 Å². The van der Waals surface area contributed by atoms with Crippen molar-refractivity contribution in [3.63, 3.8) is 0 Å². The van der Waals surface area contributed by atoms with Crippen LogP contribution in [0.2, 0.25) is 0 Å². The summed E-state index contributed by atoms with van der Waals surface area (Å²) in [5.41, 5.74) is 1.08. The number of benzene rings is 2. The number of carbonyl (C=O) groups is 1. The van der Waals surface area contributed by atoms with Crippen molar-refractivity contribution in [2.45, 2.75) is 11.1 Å². The Morgan fingerprint density at radius 3 is 2.38 bits per heavy atom. The summed E-state index contributed by atoms with van der Waals surface area (Å²) < 4.78 is 40.8. The van der Waals surface area contributed by atoms with Crippen LogP contribution in [-0.2, 0) is 0 Å². The fourth-order valence-corrected chi connectivity index (χ4v) is 2.25. The molecule has 128 valence electrons. The van der Waals surface area contributed by atoms with Gasteiger partial charge in [0, 0.05) is 16.3 Å². The number of hydrogen-bond donors (Lipinski definition) is 2. The van der Waals surface area contributed by atoms with Crippen molar-refractivity contribution in [3.05, 3.63) is 48.5 Å². The van der Waals surface area contributed by atoms with E-state index >= 15 is 0 Å². The van der Waals surface area contributed by atoms with Crippen molar-refractivity contribution in [1.29, 1.82) is 0 Å². The molecule has 0 bridgehead atoms. The lowest BCUT2D eigenvalue weighted by Gasteiger charge is -2.11. The third-order valence-corrected chi connectivity index (χ3v) is 3.57. The van der Waals surface area contributed by atoms with Gasteiger partial charge in [-0.1, -0.05) is 6.07 Å². The van der Waals surface area contributed by atoms with Gasteiger partial charge in [0.1, 0.15) is 5.75 Å². The minimum atomic E-state index is -4.39. The molecule has 2 rings (SSSR count). The SMILES string of the molecule is CSc1cccc(NC(=O)Nc2ccc(OCC(F)(F)F)cc2)c1. The number of amides is 2. The van der Waals surface area contributed by atoms with Gasteiger partial charge in [0.15, 0.2) is 6.61 Å². The summed E-state index contributed by atoms with van der Waals surface area (Å²) in [6.45, 7) is -1.36. The Hall–Kier alpha value is -2.35. The molecule has 0 aliphatic heterocycles. The van der Waals surface area contributed by atoms with E-state index in [1.807, 2.05) is 24.5 Å². The molecule has 0 spiro atoms. The Morgan fingerprint density at radius 2 is 1.75 bits per heavy atom. The number of rotatable bonds is 5. The highest BCUT2D eigenvalue weighted by molar-refractivity contribution is 7.98. The van der Waals surface area contributed by atoms with E-state index in [1.165, 1.54) is 24.3 Å². The number of carbonyl (C=O) groups excluding carboxylic acids is 1. The Morgan fingerprint density at radius 1 is 1.08 bits per heavy atom. The second kappa shape index (κ2) is 7.96. The van der Waals surface area contributed by atoms with E-state index in [4.69, 9.17) is 0 Å². The molecule has 2 aromatic carbocycles. The fourth-order valence-electron chi connectivity index (χ4n) is 1.79. The molecular formula is C16H15F3N2O2S. The van der Waals surface area contributed by atoms with Crippen LogP contribution in [0.4, 0.5) is 29.3 Å². The quantitative estimate of drug-likeness (QED) is 0.742. The number of nitrogens with one attached hydrogen (secondary N) is 2. The first kappa shape index (κ1) is 18.0. The zero-order chi connectivity index (χ0) is 17.6. The number of ether oxygens (including phenoxy) is 1. The van der Waals surface area contributed by atoms with Gasteiger partial charge in [0.25, 0.3) is 0 Å². The lowest BCUT2D eigenvalue weighted by Crippen LogP contribution is -2.20. The molecule has 0 aromatic heterocycles. The predicted molar refractivity (Wildman–Crippen MR) is 88.9 cm³/mol. The average molecular weight is 356 g/mol. The molecule has 0 aliphatic carbocycles. The molecule has 0 aliphatic rings. The molecular weight excluding hydrogens is 341 g/mol. The van der Waals surface area contributed by atoms with Crippen molar-refractivity contribution >= 4 is 29.2 Å². The molecule has 0 radical (unpaired) electrons. The molecule has 0 heterocycles. The topological polar surface area (TPSA) is 50.4 Å². The number of anilines is 2. The molecule has 24 heavy (non-hydrogen) atoms. The fraction of sp³-hybridized carbons (Fsp3) is 0.188. The molecule has 0 saturated heterocycles. The van der Waals surface area contributed by atoms with Crippen molar-refractivity contribution < 1.29 is 22.7 Å². The summed E-state index contributed by atoms with van der Waals surface area (Å²) in [5.74, 6) is 0.0750. The van der Waals surface area contributed by atoms with Crippen LogP contribution in [-0.4, -0.2) is 25.1 Å². The molecule has 0 fully saturated rings. The number of hydrogen-bond acceptors (Lipinski definition) is 3. The van der Waals surface area contributed by atoms with Crippen LogP contribution < -0.4 is 15.4 Å². The Bertz CT molecular complexity index is 690. The summed E-state index contributed by atoms with van der Waals surface area (Å²) in [7, 11) is 0. The minimum absolute atomic E-state index is 0.0750. The van der Waals surface area contributed by atoms with E-state index < -0.39 is 18.8 Å². The average Bonchev–Trinajstić information content (AvgIpc) is 2.53. The smallest absolute Gasteiger partial charge is 0.422 e. The number of thioether (sulfide) groups is 1. The first-order valence-corrected chi connectivity index (χ1v) is 8.10. The third kappa shape index (κ3) is 6.04. The van der Waals surface area contributed by atoms with Gasteiger partial charge in [0.2, 0.25) is 0 Å². The lowest BCUT2D eigenvalue weighted by molar-refractivity contribution is -0.153. The summed E-state index contributed by atoms with van der Waals surface area (Å²) in [4.78, 5) is 12.9. The molecule has 4 nitrogen and oxygen atoms in total. The van der Waals surface area contributed by atoms with Gasteiger partial charge in [-0.2, -0.15) is 13.2 Å². The largest absolute Gasteiger partial charge is 0.484 e. The van der Waals surface area contributed by atoms with Gasteiger partial charge in [-0.25, -0.2) is 4.79 Å². The van der Waals surface area contributed by atoms with Crippen LogP contribution in [0.15, 0.2) is 53.4 Å². The number of urea groups is 1. The molecule has 8 heteroatoms. The number of halogens is 3. The second-order valence-electron chi connectivity index (χ2n) is 4.74. The summed E-state index contributed by atoms with van der Waals surface area (Å²) in [6, 6.07) is 12.5. The van der Waals surface area contributed by atoms with Crippen LogP contribution in [0.1, 0.15) is 0 Å². The van der Waals surface area contributed by atoms with Gasteiger partial charge in [0.05, 0.1) is 0 Å². The van der Waals surface area contributed by atoms with Crippen LogP contribution in [0.3, 0.4) is 0 Å². The third-order valence-electron chi connectivity index (χ3n) is 2.84. The van der Waals surface area contributed by atoms with Crippen LogP contribution >= 0.6 is 11.8 Å². The van der Waals surface area contributed by atoms with Crippen molar-refractivity contribution in [1.82, 2.24) is 0 Å². The normalized spacial score (nSPS) is 11.0. The maximum Gasteiger partial charge on any atom is 0.422 e. The Labute approximate surface area is 141 Å². The van der Waals surface area contributed by atoms with E-state index in [9.17, 15) is 18.0 Å². The molecule has 0 saturated carbocycles. The molecule has 2 aromatic rings. The lowest BCUT2D eigenvalue weighted by atomic mass is 10.3. The Balaban J connectivity index is 1.89. The maximum atomic E-state index is 12.1. The second-order valence-corrected chi connectivity index (χ2v) is 5.62. The monoisotopic (exact) mass is 356 g/mol. The molecule has 2 amide bonds. The van der Waals surface area contributed by atoms with Gasteiger partial charge in [-0.05, 0) is 48.7 Å². The minimum Gasteiger partial charge on any atom is -0.484 e. The first-order chi connectivity index (χ1) is 11.4. The van der Waals surface area contributed by atoms with Crippen molar-refractivity contribution in [2.75, 3.05) is 23.5 Å². The highest BCUT2D eigenvalue weighted by Crippen LogP contribution is 2.21. The van der Waals surface area contributed by atoms with E-state index in [-0.39, 0.29) is 5.75 Å². The Kier molecular flexibility index (Phi) is 5.97. The van der Waals surface area contributed by atoms with Gasteiger partial charge in [-0.15, -0.1) is 11.8 Å². The molecule has 0 atom stereocenters. The van der Waals surface area contributed by atoms with Crippen molar-refractivity contribution in [3.8, 4) is 5.75 Å². The van der Waals surface area contributed by atoms with E-state index in [2.05, 4.69) is 15.4 Å². The van der Waals surface area contributed by atoms with Gasteiger partial charge < -0.3 is 15.4 Å². The maximum absolute atomic E-state index is 12.1. The van der Waals surface area contributed by atoms with Crippen LogP contribution in [0, 0.1) is 0 Å². The van der Waals surface area contributed by atoms with E-state index in [1.54, 1.807) is 17.8 Å². The highest BCUT2D eigenvalue weighted by Gasteiger charge is 2.28. The molecule has 2 N–H and O–H groups in total. The zero-order valence-electron chi connectivity index (χ0n) is 12.7. The van der Waals surface area contributed by atoms with E-state index in [0.717, 1.165) is 4.90 Å². The summed E-state index contributed by atoms with van der Waals surface area (Å²) in [6.07, 6.45) is -2.45. The zero-order valence-corrected chi connectivity index (χ0v) is 13.5. The summed E-state index contributed by atoms with van der Waals surface area (Å²) >= 11 is 1.56. The van der Waals surface area contributed by atoms with E-state index in [0.29, 0.717) is 11.4 Å². The summed E-state index contributed by atoms with van der Waals surface area (Å²) in [5, 5.41) is 5.27. The van der Waals surface area contributed by atoms with Gasteiger partial charge in [-0.3, -0.25) is 0 Å². The van der Waals surface area contributed by atoms with Crippen LogP contribution in [0.25, 0.3) is 0 Å².